The van der Waals surface area contributed by atoms with Crippen LogP contribution in [0.4, 0.5) is 4.79 Å². The molecular formula is C27H25NO4. The Kier molecular flexibility index (Phi) is 6.08. The molecule has 0 spiro atoms. The molecule has 32 heavy (non-hydrogen) atoms. The summed E-state index contributed by atoms with van der Waals surface area (Å²) in [5.41, 5.74) is 1.44. The van der Waals surface area contributed by atoms with E-state index in [0.29, 0.717) is 24.6 Å². The second kappa shape index (κ2) is 9.10. The molecule has 0 atom stereocenters. The molecule has 5 heteroatoms. The van der Waals surface area contributed by atoms with E-state index in [1.165, 1.54) is 6.92 Å². The van der Waals surface area contributed by atoms with Gasteiger partial charge in [-0.05, 0) is 47.5 Å². The molecular weight excluding hydrogens is 402 g/mol. The standard InChI is InChI=1S/C27H25NO4/c1-4-28(5-2)27(30)32-24-17-15-20-11-7-9-13-22(20)26(24)25-21-12-8-6-10-19(21)14-16-23(25)31-18(3)29/h6-17H,4-5H2,1-3H3. The van der Waals surface area contributed by atoms with Crippen LogP contribution in [-0.2, 0) is 4.79 Å². The van der Waals surface area contributed by atoms with E-state index in [4.69, 9.17) is 9.47 Å². The van der Waals surface area contributed by atoms with Gasteiger partial charge in [-0.3, -0.25) is 4.79 Å². The molecule has 0 N–H and O–H groups in total. The van der Waals surface area contributed by atoms with Gasteiger partial charge in [0.05, 0.1) is 0 Å². The highest BCUT2D eigenvalue weighted by atomic mass is 16.6. The molecule has 4 rings (SSSR count). The highest BCUT2D eigenvalue weighted by Gasteiger charge is 2.22. The van der Waals surface area contributed by atoms with Crippen molar-refractivity contribution in [1.82, 2.24) is 4.90 Å². The lowest BCUT2D eigenvalue weighted by atomic mass is 9.92. The van der Waals surface area contributed by atoms with Gasteiger partial charge >= 0.3 is 12.1 Å². The van der Waals surface area contributed by atoms with E-state index < -0.39 is 12.1 Å². The van der Waals surface area contributed by atoms with Crippen molar-refractivity contribution in [2.24, 2.45) is 0 Å². The summed E-state index contributed by atoms with van der Waals surface area (Å²) in [6.45, 7) is 6.30. The number of rotatable bonds is 5. The number of ether oxygens (including phenoxy) is 2. The van der Waals surface area contributed by atoms with Crippen molar-refractivity contribution < 1.29 is 19.1 Å². The van der Waals surface area contributed by atoms with E-state index >= 15 is 0 Å². The van der Waals surface area contributed by atoms with Crippen molar-refractivity contribution in [1.29, 1.82) is 0 Å². The molecule has 0 heterocycles. The largest absolute Gasteiger partial charge is 0.426 e. The van der Waals surface area contributed by atoms with Gasteiger partial charge in [0, 0.05) is 31.1 Å². The van der Waals surface area contributed by atoms with E-state index in [-0.39, 0.29) is 0 Å². The van der Waals surface area contributed by atoms with E-state index in [1.807, 2.05) is 74.5 Å². The quantitative estimate of drug-likeness (QED) is 0.272. The number of hydrogen-bond acceptors (Lipinski definition) is 4. The van der Waals surface area contributed by atoms with Crippen LogP contribution in [-0.4, -0.2) is 30.1 Å². The summed E-state index contributed by atoms with van der Waals surface area (Å²) >= 11 is 0. The fourth-order valence-electron chi connectivity index (χ4n) is 3.98. The maximum atomic E-state index is 12.8. The Bertz CT molecular complexity index is 1310. The van der Waals surface area contributed by atoms with Crippen LogP contribution in [0.2, 0.25) is 0 Å². The maximum absolute atomic E-state index is 12.8. The molecule has 0 aliphatic heterocycles. The maximum Gasteiger partial charge on any atom is 0.415 e. The number of fused-ring (bicyclic) bond motifs is 2. The second-order valence-electron chi connectivity index (χ2n) is 7.45. The highest BCUT2D eigenvalue weighted by Crippen LogP contribution is 2.45. The zero-order valence-corrected chi connectivity index (χ0v) is 18.4. The van der Waals surface area contributed by atoms with Gasteiger partial charge in [0.2, 0.25) is 0 Å². The number of hydrogen-bond donors (Lipinski definition) is 0. The summed E-state index contributed by atoms with van der Waals surface area (Å²) in [6.07, 6.45) is -0.416. The fourth-order valence-corrected chi connectivity index (χ4v) is 3.98. The van der Waals surface area contributed by atoms with Crippen LogP contribution in [0.5, 0.6) is 11.5 Å². The second-order valence-corrected chi connectivity index (χ2v) is 7.45. The smallest absolute Gasteiger partial charge is 0.415 e. The molecule has 5 nitrogen and oxygen atoms in total. The van der Waals surface area contributed by atoms with Gasteiger partial charge in [-0.2, -0.15) is 0 Å². The molecule has 1 amide bonds. The summed E-state index contributed by atoms with van der Waals surface area (Å²) in [7, 11) is 0. The van der Waals surface area contributed by atoms with Crippen molar-refractivity contribution in [3.05, 3.63) is 72.8 Å². The predicted molar refractivity (Wildman–Crippen MR) is 127 cm³/mol. The van der Waals surface area contributed by atoms with Crippen molar-refractivity contribution in [3.63, 3.8) is 0 Å². The molecule has 0 fully saturated rings. The van der Waals surface area contributed by atoms with Crippen LogP contribution < -0.4 is 9.47 Å². The Morgan fingerprint density at radius 2 is 1.16 bits per heavy atom. The summed E-state index contributed by atoms with van der Waals surface area (Å²) in [4.78, 5) is 26.4. The minimum absolute atomic E-state index is 0.413. The summed E-state index contributed by atoms with van der Waals surface area (Å²) in [5.74, 6) is 0.432. The average Bonchev–Trinajstić information content (AvgIpc) is 2.80. The first-order valence-corrected chi connectivity index (χ1v) is 10.7. The third-order valence-electron chi connectivity index (χ3n) is 5.50. The zero-order valence-electron chi connectivity index (χ0n) is 18.4. The first-order chi connectivity index (χ1) is 15.5. The van der Waals surface area contributed by atoms with E-state index in [1.54, 1.807) is 17.0 Å². The number of amides is 1. The number of carbonyl (C=O) groups is 2. The summed E-state index contributed by atoms with van der Waals surface area (Å²) in [5, 5.41) is 3.80. The zero-order chi connectivity index (χ0) is 22.7. The lowest BCUT2D eigenvalue weighted by molar-refractivity contribution is -0.131. The third kappa shape index (κ3) is 4.02. The molecule has 0 aromatic heterocycles. The van der Waals surface area contributed by atoms with Gasteiger partial charge in [0.25, 0.3) is 0 Å². The van der Waals surface area contributed by atoms with Gasteiger partial charge in [-0.1, -0.05) is 60.7 Å². The Balaban J connectivity index is 2.04. The molecule has 0 aliphatic rings. The molecule has 162 valence electrons. The lowest BCUT2D eigenvalue weighted by Gasteiger charge is -2.21. The fraction of sp³-hybridized carbons (Fsp3) is 0.185. The van der Waals surface area contributed by atoms with Crippen LogP contribution in [0.25, 0.3) is 32.7 Å². The topological polar surface area (TPSA) is 55.8 Å². The van der Waals surface area contributed by atoms with Gasteiger partial charge < -0.3 is 14.4 Å². The summed E-state index contributed by atoms with van der Waals surface area (Å²) in [6, 6.07) is 23.2. The van der Waals surface area contributed by atoms with Crippen LogP contribution in [0, 0.1) is 0 Å². The Hall–Kier alpha value is -3.86. The van der Waals surface area contributed by atoms with Crippen molar-refractivity contribution in [2.75, 3.05) is 13.1 Å². The van der Waals surface area contributed by atoms with Gasteiger partial charge in [-0.15, -0.1) is 0 Å². The van der Waals surface area contributed by atoms with E-state index in [9.17, 15) is 9.59 Å². The molecule has 0 unspecified atom stereocenters. The number of benzene rings is 4. The normalized spacial score (nSPS) is 10.8. The van der Waals surface area contributed by atoms with Crippen LogP contribution in [0.1, 0.15) is 20.8 Å². The lowest BCUT2D eigenvalue weighted by Crippen LogP contribution is -2.33. The van der Waals surface area contributed by atoms with Gasteiger partial charge in [-0.25, -0.2) is 4.79 Å². The number of carbonyl (C=O) groups excluding carboxylic acids is 2. The SMILES string of the molecule is CCN(CC)C(=O)Oc1ccc2ccccc2c1-c1c(OC(C)=O)ccc2ccccc12. The third-order valence-corrected chi connectivity index (χ3v) is 5.50. The molecule has 0 aliphatic carbocycles. The first kappa shape index (κ1) is 21.4. The number of esters is 1. The Morgan fingerprint density at radius 1 is 0.688 bits per heavy atom. The van der Waals surface area contributed by atoms with Crippen LogP contribution in [0.15, 0.2) is 72.8 Å². The summed E-state index contributed by atoms with van der Waals surface area (Å²) < 4.78 is 11.5. The van der Waals surface area contributed by atoms with Crippen LogP contribution in [0.3, 0.4) is 0 Å². The molecule has 0 saturated carbocycles. The monoisotopic (exact) mass is 427 g/mol. The Morgan fingerprint density at radius 3 is 1.62 bits per heavy atom. The minimum atomic E-state index is -0.416. The minimum Gasteiger partial charge on any atom is -0.426 e. The predicted octanol–water partition coefficient (Wildman–Crippen LogP) is 6.43. The first-order valence-electron chi connectivity index (χ1n) is 10.7. The molecule has 0 bridgehead atoms. The van der Waals surface area contributed by atoms with E-state index in [2.05, 4.69) is 0 Å². The Labute approximate surface area is 187 Å². The number of nitrogens with zero attached hydrogens (tertiary/aromatic N) is 1. The van der Waals surface area contributed by atoms with Crippen molar-refractivity contribution in [2.45, 2.75) is 20.8 Å². The average molecular weight is 428 g/mol. The van der Waals surface area contributed by atoms with E-state index in [0.717, 1.165) is 32.7 Å². The molecule has 4 aromatic carbocycles. The van der Waals surface area contributed by atoms with Crippen molar-refractivity contribution in [3.8, 4) is 22.6 Å². The highest BCUT2D eigenvalue weighted by molar-refractivity contribution is 6.10. The van der Waals surface area contributed by atoms with Crippen LogP contribution >= 0.6 is 0 Å². The van der Waals surface area contributed by atoms with Crippen molar-refractivity contribution >= 4 is 33.6 Å². The molecule has 0 saturated heterocycles. The molecule has 0 radical (unpaired) electrons. The molecule has 4 aromatic rings. The van der Waals surface area contributed by atoms with Gasteiger partial charge in [0.15, 0.2) is 0 Å². The van der Waals surface area contributed by atoms with Gasteiger partial charge in [0.1, 0.15) is 11.5 Å².